The SMILES string of the molecule is CN1CCC(Oc2ccc(-c3cc4ccccc4[nH]3)cc2)CC1. The fraction of sp³-hybridized carbons (Fsp3) is 0.300. The van der Waals surface area contributed by atoms with Crippen molar-refractivity contribution in [3.05, 3.63) is 54.6 Å². The number of aromatic nitrogens is 1. The third kappa shape index (κ3) is 3.10. The molecule has 1 N–H and O–H groups in total. The molecule has 3 nitrogen and oxygen atoms in total. The zero-order chi connectivity index (χ0) is 15.6. The van der Waals surface area contributed by atoms with E-state index in [-0.39, 0.29) is 0 Å². The van der Waals surface area contributed by atoms with Crippen LogP contribution in [0.3, 0.4) is 0 Å². The lowest BCUT2D eigenvalue weighted by atomic mass is 10.1. The molecular formula is C20H22N2O. The van der Waals surface area contributed by atoms with Crippen molar-refractivity contribution in [2.75, 3.05) is 20.1 Å². The van der Waals surface area contributed by atoms with E-state index in [1.165, 1.54) is 16.5 Å². The van der Waals surface area contributed by atoms with Crippen LogP contribution in [0.2, 0.25) is 0 Å². The average Bonchev–Trinajstić information content (AvgIpc) is 3.02. The van der Waals surface area contributed by atoms with Crippen LogP contribution in [0, 0.1) is 0 Å². The van der Waals surface area contributed by atoms with Gasteiger partial charge in [0.1, 0.15) is 11.9 Å². The van der Waals surface area contributed by atoms with E-state index in [1.54, 1.807) is 0 Å². The minimum Gasteiger partial charge on any atom is -0.490 e. The van der Waals surface area contributed by atoms with Gasteiger partial charge in [0.25, 0.3) is 0 Å². The summed E-state index contributed by atoms with van der Waals surface area (Å²) in [6, 6.07) is 19.0. The Morgan fingerprint density at radius 2 is 1.74 bits per heavy atom. The summed E-state index contributed by atoms with van der Waals surface area (Å²) in [7, 11) is 2.17. The fourth-order valence-electron chi connectivity index (χ4n) is 3.24. The van der Waals surface area contributed by atoms with Gasteiger partial charge in [0.2, 0.25) is 0 Å². The molecule has 1 aliphatic heterocycles. The molecule has 1 aromatic heterocycles. The van der Waals surface area contributed by atoms with Gasteiger partial charge in [-0.15, -0.1) is 0 Å². The van der Waals surface area contributed by atoms with Crippen molar-refractivity contribution < 1.29 is 4.74 Å². The Hall–Kier alpha value is -2.26. The minimum absolute atomic E-state index is 0.352. The summed E-state index contributed by atoms with van der Waals surface area (Å²) in [5.74, 6) is 0.972. The lowest BCUT2D eigenvalue weighted by Crippen LogP contribution is -2.35. The smallest absolute Gasteiger partial charge is 0.119 e. The number of nitrogens with one attached hydrogen (secondary N) is 1. The van der Waals surface area contributed by atoms with E-state index in [2.05, 4.69) is 71.5 Å². The van der Waals surface area contributed by atoms with Crippen LogP contribution in [-0.2, 0) is 0 Å². The van der Waals surface area contributed by atoms with Gasteiger partial charge in [-0.25, -0.2) is 0 Å². The van der Waals surface area contributed by atoms with Crippen molar-refractivity contribution in [1.29, 1.82) is 0 Å². The first-order valence-electron chi connectivity index (χ1n) is 8.31. The molecule has 118 valence electrons. The van der Waals surface area contributed by atoms with Crippen LogP contribution >= 0.6 is 0 Å². The number of piperidine rings is 1. The predicted octanol–water partition coefficient (Wildman–Crippen LogP) is 4.31. The van der Waals surface area contributed by atoms with E-state index in [0.29, 0.717) is 6.10 Å². The highest BCUT2D eigenvalue weighted by atomic mass is 16.5. The third-order valence-corrected chi connectivity index (χ3v) is 4.66. The van der Waals surface area contributed by atoms with Gasteiger partial charge in [-0.1, -0.05) is 18.2 Å². The number of hydrogen-bond acceptors (Lipinski definition) is 2. The highest BCUT2D eigenvalue weighted by molar-refractivity contribution is 5.85. The van der Waals surface area contributed by atoms with Crippen LogP contribution in [0.1, 0.15) is 12.8 Å². The molecule has 23 heavy (non-hydrogen) atoms. The molecule has 3 heteroatoms. The monoisotopic (exact) mass is 306 g/mol. The van der Waals surface area contributed by atoms with E-state index in [1.807, 2.05) is 0 Å². The molecule has 1 saturated heterocycles. The fourth-order valence-corrected chi connectivity index (χ4v) is 3.24. The van der Waals surface area contributed by atoms with Gasteiger partial charge >= 0.3 is 0 Å². The van der Waals surface area contributed by atoms with Crippen molar-refractivity contribution >= 4 is 10.9 Å². The first kappa shape index (κ1) is 14.3. The molecule has 4 rings (SSSR count). The standard InChI is InChI=1S/C20H22N2O/c1-22-12-10-18(11-13-22)23-17-8-6-15(7-9-17)20-14-16-4-2-3-5-19(16)21-20/h2-9,14,18,21H,10-13H2,1H3. The second-order valence-corrected chi connectivity index (χ2v) is 6.42. The van der Waals surface area contributed by atoms with Crippen LogP contribution in [0.15, 0.2) is 54.6 Å². The second-order valence-electron chi connectivity index (χ2n) is 6.42. The maximum absolute atomic E-state index is 6.12. The molecule has 1 fully saturated rings. The van der Waals surface area contributed by atoms with Gasteiger partial charge in [-0.05, 0) is 61.9 Å². The molecule has 2 heterocycles. The maximum Gasteiger partial charge on any atom is 0.119 e. The maximum atomic E-state index is 6.12. The number of fused-ring (bicyclic) bond motifs is 1. The number of nitrogens with zero attached hydrogens (tertiary/aromatic N) is 1. The van der Waals surface area contributed by atoms with Gasteiger partial charge in [0.05, 0.1) is 0 Å². The topological polar surface area (TPSA) is 28.3 Å². The molecule has 0 bridgehead atoms. The molecular weight excluding hydrogens is 284 g/mol. The van der Waals surface area contributed by atoms with Crippen LogP contribution in [0.4, 0.5) is 0 Å². The number of likely N-dealkylation sites (tertiary alicyclic amines) is 1. The van der Waals surface area contributed by atoms with Crippen LogP contribution in [0.5, 0.6) is 5.75 Å². The van der Waals surface area contributed by atoms with Gasteiger partial charge < -0.3 is 14.6 Å². The number of hydrogen-bond donors (Lipinski definition) is 1. The number of rotatable bonds is 3. The summed E-state index contributed by atoms with van der Waals surface area (Å²) in [5.41, 5.74) is 3.52. The van der Waals surface area contributed by atoms with Crippen molar-refractivity contribution in [3.8, 4) is 17.0 Å². The lowest BCUT2D eigenvalue weighted by molar-refractivity contribution is 0.114. The van der Waals surface area contributed by atoms with E-state index in [4.69, 9.17) is 4.74 Å². The Morgan fingerprint density at radius 1 is 1.00 bits per heavy atom. The normalized spacial score (nSPS) is 16.7. The van der Waals surface area contributed by atoms with E-state index >= 15 is 0 Å². The van der Waals surface area contributed by atoms with Crippen molar-refractivity contribution in [2.24, 2.45) is 0 Å². The summed E-state index contributed by atoms with van der Waals surface area (Å²) in [4.78, 5) is 5.83. The molecule has 2 aromatic carbocycles. The number of ether oxygens (including phenoxy) is 1. The Kier molecular flexibility index (Phi) is 3.80. The predicted molar refractivity (Wildman–Crippen MR) is 94.9 cm³/mol. The van der Waals surface area contributed by atoms with Gasteiger partial charge in [-0.2, -0.15) is 0 Å². The number of H-pyrrole nitrogens is 1. The highest BCUT2D eigenvalue weighted by Crippen LogP contribution is 2.26. The molecule has 0 atom stereocenters. The quantitative estimate of drug-likeness (QED) is 0.781. The molecule has 0 radical (unpaired) electrons. The van der Waals surface area contributed by atoms with Crippen molar-refractivity contribution in [3.63, 3.8) is 0 Å². The molecule has 0 unspecified atom stereocenters. The summed E-state index contributed by atoms with van der Waals surface area (Å²) < 4.78 is 6.12. The minimum atomic E-state index is 0.352. The number of aromatic amines is 1. The Bertz CT molecular complexity index is 750. The molecule has 0 aliphatic carbocycles. The zero-order valence-corrected chi connectivity index (χ0v) is 13.5. The third-order valence-electron chi connectivity index (χ3n) is 4.66. The molecule has 0 spiro atoms. The first-order chi connectivity index (χ1) is 11.3. The summed E-state index contributed by atoms with van der Waals surface area (Å²) >= 11 is 0. The van der Waals surface area contributed by atoms with E-state index in [0.717, 1.165) is 37.4 Å². The largest absolute Gasteiger partial charge is 0.490 e. The number of para-hydroxylation sites is 1. The molecule has 0 saturated carbocycles. The van der Waals surface area contributed by atoms with Crippen molar-refractivity contribution in [1.82, 2.24) is 9.88 Å². The summed E-state index contributed by atoms with van der Waals surface area (Å²) in [6.45, 7) is 2.25. The summed E-state index contributed by atoms with van der Waals surface area (Å²) in [5, 5.41) is 1.24. The second kappa shape index (κ2) is 6.09. The van der Waals surface area contributed by atoms with E-state index in [9.17, 15) is 0 Å². The van der Waals surface area contributed by atoms with E-state index < -0.39 is 0 Å². The highest BCUT2D eigenvalue weighted by Gasteiger charge is 2.17. The summed E-state index contributed by atoms with van der Waals surface area (Å²) in [6.07, 6.45) is 2.57. The Labute approximate surface area is 136 Å². The van der Waals surface area contributed by atoms with Gasteiger partial charge in [-0.3, -0.25) is 0 Å². The Balaban J connectivity index is 1.49. The number of benzene rings is 2. The molecule has 3 aromatic rings. The zero-order valence-electron chi connectivity index (χ0n) is 13.5. The van der Waals surface area contributed by atoms with Gasteiger partial charge in [0.15, 0.2) is 0 Å². The van der Waals surface area contributed by atoms with Gasteiger partial charge in [0, 0.05) is 29.7 Å². The first-order valence-corrected chi connectivity index (χ1v) is 8.31. The van der Waals surface area contributed by atoms with Crippen LogP contribution < -0.4 is 4.74 Å². The average molecular weight is 306 g/mol. The Morgan fingerprint density at radius 3 is 2.48 bits per heavy atom. The lowest BCUT2D eigenvalue weighted by Gasteiger charge is -2.29. The van der Waals surface area contributed by atoms with Crippen LogP contribution in [-0.4, -0.2) is 36.1 Å². The molecule has 1 aliphatic rings. The van der Waals surface area contributed by atoms with Crippen LogP contribution in [0.25, 0.3) is 22.2 Å². The molecule has 0 amide bonds. The van der Waals surface area contributed by atoms with Crippen molar-refractivity contribution in [2.45, 2.75) is 18.9 Å².